The number of rotatable bonds is 6. The normalized spacial score (nSPS) is 15.1. The fraction of sp³-hybridized carbons (Fsp3) is 0.286. The van der Waals surface area contributed by atoms with Gasteiger partial charge in [-0.15, -0.1) is 10.2 Å². The second-order valence-corrected chi connectivity index (χ2v) is 8.05. The van der Waals surface area contributed by atoms with Crippen LogP contribution in [0.15, 0.2) is 60.7 Å². The van der Waals surface area contributed by atoms with E-state index in [0.29, 0.717) is 6.61 Å². The van der Waals surface area contributed by atoms with E-state index in [1.165, 1.54) is 17.0 Å². The molecule has 2 aromatic carbocycles. The van der Waals surface area contributed by atoms with Gasteiger partial charge >= 0.3 is 0 Å². The second kappa shape index (κ2) is 8.18. The van der Waals surface area contributed by atoms with E-state index in [-0.39, 0.29) is 0 Å². The maximum atomic E-state index is 5.81. The minimum absolute atomic E-state index is 0.438. The summed E-state index contributed by atoms with van der Waals surface area (Å²) in [7, 11) is 0. The van der Waals surface area contributed by atoms with E-state index in [9.17, 15) is 0 Å². The van der Waals surface area contributed by atoms with Crippen LogP contribution < -0.4 is 9.64 Å². The lowest BCUT2D eigenvalue weighted by molar-refractivity contribution is 0.242. The third kappa shape index (κ3) is 4.08. The van der Waals surface area contributed by atoms with Crippen molar-refractivity contribution in [2.24, 2.45) is 0 Å². The first-order valence-electron chi connectivity index (χ1n) is 9.75. The summed E-state index contributed by atoms with van der Waals surface area (Å²) < 4.78 is 7.66. The lowest BCUT2D eigenvalue weighted by Gasteiger charge is -2.35. The number of aromatic nitrogens is 4. The highest BCUT2D eigenvalue weighted by atomic mass is 32.1. The van der Waals surface area contributed by atoms with E-state index in [2.05, 4.69) is 55.4 Å². The topological polar surface area (TPSA) is 58.8 Å². The Labute approximate surface area is 173 Å². The maximum Gasteiger partial charge on any atom is 0.234 e. The SMILES string of the molecule is c1ccc(OCc2nn3c(CN4CCN(c5ccccc5)CC4)nnc3s2)cc1. The second-order valence-electron chi connectivity index (χ2n) is 7.01. The van der Waals surface area contributed by atoms with Crippen molar-refractivity contribution in [3.8, 4) is 5.75 Å². The summed E-state index contributed by atoms with van der Waals surface area (Å²) >= 11 is 1.52. The van der Waals surface area contributed by atoms with E-state index in [1.807, 2.05) is 34.8 Å². The summed E-state index contributed by atoms with van der Waals surface area (Å²) in [6.45, 7) is 5.22. The molecule has 0 radical (unpaired) electrons. The van der Waals surface area contributed by atoms with Gasteiger partial charge in [0.05, 0.1) is 6.54 Å². The molecule has 8 heteroatoms. The first-order chi connectivity index (χ1) is 14.3. The monoisotopic (exact) mass is 406 g/mol. The summed E-state index contributed by atoms with van der Waals surface area (Å²) in [5, 5.41) is 14.2. The number of piperazine rings is 1. The third-order valence-electron chi connectivity index (χ3n) is 5.06. The summed E-state index contributed by atoms with van der Waals surface area (Å²) in [5.74, 6) is 1.73. The third-order valence-corrected chi connectivity index (χ3v) is 5.93. The molecule has 2 aromatic heterocycles. The Kier molecular flexibility index (Phi) is 5.10. The van der Waals surface area contributed by atoms with Crippen molar-refractivity contribution >= 4 is 22.0 Å². The summed E-state index contributed by atoms with van der Waals surface area (Å²) in [6, 6.07) is 20.4. The molecule has 5 rings (SSSR count). The zero-order valence-corrected chi connectivity index (χ0v) is 16.8. The molecule has 0 bridgehead atoms. The molecule has 4 aromatic rings. The number of anilines is 1. The molecule has 0 amide bonds. The van der Waals surface area contributed by atoms with Crippen LogP contribution in [0.2, 0.25) is 0 Å². The average Bonchev–Trinajstić information content (AvgIpc) is 3.36. The lowest BCUT2D eigenvalue weighted by Crippen LogP contribution is -2.46. The number of ether oxygens (including phenoxy) is 1. The molecule has 0 spiro atoms. The molecular formula is C21H22N6OS. The molecule has 1 aliphatic rings. The van der Waals surface area contributed by atoms with Crippen LogP contribution in [0.5, 0.6) is 5.75 Å². The van der Waals surface area contributed by atoms with Crippen LogP contribution in [0.4, 0.5) is 5.69 Å². The number of fused-ring (bicyclic) bond motifs is 1. The van der Waals surface area contributed by atoms with Crippen molar-refractivity contribution in [2.75, 3.05) is 31.1 Å². The largest absolute Gasteiger partial charge is 0.486 e. The van der Waals surface area contributed by atoms with E-state index in [1.54, 1.807) is 0 Å². The van der Waals surface area contributed by atoms with Crippen molar-refractivity contribution < 1.29 is 4.74 Å². The van der Waals surface area contributed by atoms with Crippen LogP contribution in [-0.2, 0) is 13.2 Å². The van der Waals surface area contributed by atoms with Gasteiger partial charge in [-0.05, 0) is 24.3 Å². The Bertz CT molecular complexity index is 1060. The molecule has 7 nitrogen and oxygen atoms in total. The highest BCUT2D eigenvalue weighted by Crippen LogP contribution is 2.19. The van der Waals surface area contributed by atoms with E-state index in [4.69, 9.17) is 4.74 Å². The first kappa shape index (κ1) is 18.1. The summed E-state index contributed by atoms with van der Waals surface area (Å²) in [4.78, 5) is 5.65. The standard InChI is InChI=1S/C21H22N6OS/c1-3-7-17(8-4-1)26-13-11-25(12-14-26)15-19-22-23-21-27(19)24-20(29-21)16-28-18-9-5-2-6-10-18/h1-10H,11-16H2. The minimum Gasteiger partial charge on any atom is -0.486 e. The van der Waals surface area contributed by atoms with Gasteiger partial charge < -0.3 is 9.64 Å². The number of benzene rings is 2. The molecule has 0 N–H and O–H groups in total. The number of hydrogen-bond donors (Lipinski definition) is 0. The Morgan fingerprint density at radius 3 is 2.34 bits per heavy atom. The molecule has 1 saturated heterocycles. The number of para-hydroxylation sites is 2. The molecule has 3 heterocycles. The summed E-state index contributed by atoms with van der Waals surface area (Å²) in [5.41, 5.74) is 1.29. The van der Waals surface area contributed by atoms with Gasteiger partial charge in [-0.2, -0.15) is 9.61 Å². The van der Waals surface area contributed by atoms with E-state index < -0.39 is 0 Å². The predicted octanol–water partition coefficient (Wildman–Crippen LogP) is 3.09. The Morgan fingerprint density at radius 1 is 0.862 bits per heavy atom. The molecule has 1 fully saturated rings. The number of nitrogens with zero attached hydrogens (tertiary/aromatic N) is 6. The van der Waals surface area contributed by atoms with Gasteiger partial charge in [-0.1, -0.05) is 47.7 Å². The summed E-state index contributed by atoms with van der Waals surface area (Å²) in [6.07, 6.45) is 0. The van der Waals surface area contributed by atoms with E-state index in [0.717, 1.165) is 54.3 Å². The Hall–Kier alpha value is -2.97. The average molecular weight is 407 g/mol. The molecule has 1 aliphatic heterocycles. The minimum atomic E-state index is 0.438. The van der Waals surface area contributed by atoms with E-state index >= 15 is 0 Å². The van der Waals surface area contributed by atoms with Gasteiger partial charge in [0.1, 0.15) is 12.4 Å². The van der Waals surface area contributed by atoms with Gasteiger partial charge in [-0.25, -0.2) is 0 Å². The molecule has 0 saturated carbocycles. The molecule has 29 heavy (non-hydrogen) atoms. The van der Waals surface area contributed by atoms with Crippen molar-refractivity contribution in [3.63, 3.8) is 0 Å². The number of hydrogen-bond acceptors (Lipinski definition) is 7. The lowest BCUT2D eigenvalue weighted by atomic mass is 10.2. The van der Waals surface area contributed by atoms with Crippen LogP contribution in [0.25, 0.3) is 4.96 Å². The highest BCUT2D eigenvalue weighted by Gasteiger charge is 2.20. The Morgan fingerprint density at radius 2 is 1.59 bits per heavy atom. The fourth-order valence-electron chi connectivity index (χ4n) is 3.52. The maximum absolute atomic E-state index is 5.81. The van der Waals surface area contributed by atoms with Crippen molar-refractivity contribution in [1.29, 1.82) is 0 Å². The van der Waals surface area contributed by atoms with Crippen LogP contribution in [-0.4, -0.2) is 50.9 Å². The predicted molar refractivity (Wildman–Crippen MR) is 113 cm³/mol. The highest BCUT2D eigenvalue weighted by molar-refractivity contribution is 7.16. The van der Waals surface area contributed by atoms with Gasteiger partial charge in [0, 0.05) is 31.9 Å². The van der Waals surface area contributed by atoms with Crippen molar-refractivity contribution in [2.45, 2.75) is 13.2 Å². The molecular weight excluding hydrogens is 384 g/mol. The van der Waals surface area contributed by atoms with Gasteiger partial charge in [-0.3, -0.25) is 4.90 Å². The van der Waals surface area contributed by atoms with Crippen molar-refractivity contribution in [1.82, 2.24) is 24.7 Å². The molecule has 148 valence electrons. The zero-order valence-electron chi connectivity index (χ0n) is 16.0. The fourth-order valence-corrected chi connectivity index (χ4v) is 4.28. The first-order valence-corrected chi connectivity index (χ1v) is 10.6. The van der Waals surface area contributed by atoms with Crippen LogP contribution in [0.3, 0.4) is 0 Å². The van der Waals surface area contributed by atoms with Gasteiger partial charge in [0.2, 0.25) is 4.96 Å². The molecule has 0 atom stereocenters. The zero-order chi connectivity index (χ0) is 19.5. The smallest absolute Gasteiger partial charge is 0.234 e. The van der Waals surface area contributed by atoms with Crippen LogP contribution in [0.1, 0.15) is 10.8 Å². The molecule has 0 unspecified atom stereocenters. The Balaban J connectivity index is 1.20. The van der Waals surface area contributed by atoms with Crippen molar-refractivity contribution in [3.05, 3.63) is 71.5 Å². The van der Waals surface area contributed by atoms with Gasteiger partial charge in [0.25, 0.3) is 0 Å². The quantitative estimate of drug-likeness (QED) is 0.490. The molecule has 0 aliphatic carbocycles. The van der Waals surface area contributed by atoms with Crippen LogP contribution >= 0.6 is 11.3 Å². The van der Waals surface area contributed by atoms with Crippen LogP contribution in [0, 0.1) is 0 Å². The van der Waals surface area contributed by atoms with Gasteiger partial charge in [0.15, 0.2) is 10.8 Å².